The van der Waals surface area contributed by atoms with Crippen molar-refractivity contribution in [2.75, 3.05) is 25.4 Å². The first kappa shape index (κ1) is 17.9. The first-order chi connectivity index (χ1) is 11.4. The van der Waals surface area contributed by atoms with Gasteiger partial charge in [-0.25, -0.2) is 12.7 Å². The van der Waals surface area contributed by atoms with Crippen LogP contribution in [0.15, 0.2) is 24.3 Å². The highest BCUT2D eigenvalue weighted by atomic mass is 32.2. The van der Waals surface area contributed by atoms with E-state index in [9.17, 15) is 8.42 Å². The molecule has 0 amide bonds. The molecule has 1 spiro atoms. The molecule has 0 radical (unpaired) electrons. The molecule has 5 heteroatoms. The molecule has 0 bridgehead atoms. The van der Waals surface area contributed by atoms with Crippen LogP contribution in [0.2, 0.25) is 0 Å². The minimum Gasteiger partial charge on any atom is -0.375 e. The number of sulfonamides is 1. The second-order valence-corrected chi connectivity index (χ2v) is 9.64. The monoisotopic (exact) mass is 351 g/mol. The number of hydrogen-bond donors (Lipinski definition) is 0. The fourth-order valence-corrected chi connectivity index (χ4v) is 5.17. The summed E-state index contributed by atoms with van der Waals surface area (Å²) in [5.41, 5.74) is 2.59. The van der Waals surface area contributed by atoms with Gasteiger partial charge in [0.05, 0.1) is 11.4 Å². The summed E-state index contributed by atoms with van der Waals surface area (Å²) in [6.45, 7) is 5.84. The maximum Gasteiger partial charge on any atom is 0.213 e. The number of piperidine rings is 1. The van der Waals surface area contributed by atoms with Crippen LogP contribution in [0.5, 0.6) is 0 Å². The SMILES string of the molecule is CCS(=O)(=O)N1CCC2(CC1)CC(Cc1ccc(C)cc1)CCO2. The highest BCUT2D eigenvalue weighted by Crippen LogP contribution is 2.39. The number of aryl methyl sites for hydroxylation is 1. The van der Waals surface area contributed by atoms with Crippen molar-refractivity contribution in [3.05, 3.63) is 35.4 Å². The Hall–Kier alpha value is -0.910. The summed E-state index contributed by atoms with van der Waals surface area (Å²) < 4.78 is 31.9. The second kappa shape index (κ2) is 7.14. The van der Waals surface area contributed by atoms with Gasteiger partial charge in [0.25, 0.3) is 0 Å². The predicted molar refractivity (Wildman–Crippen MR) is 96.6 cm³/mol. The second-order valence-electron chi connectivity index (χ2n) is 7.38. The summed E-state index contributed by atoms with van der Waals surface area (Å²) in [5, 5.41) is 0. The zero-order chi connectivity index (χ0) is 17.2. The van der Waals surface area contributed by atoms with Crippen LogP contribution in [0.25, 0.3) is 0 Å². The van der Waals surface area contributed by atoms with Crippen molar-refractivity contribution in [1.29, 1.82) is 0 Å². The van der Waals surface area contributed by atoms with E-state index in [1.54, 1.807) is 11.2 Å². The van der Waals surface area contributed by atoms with Crippen LogP contribution in [0.1, 0.15) is 43.7 Å². The highest BCUT2D eigenvalue weighted by Gasteiger charge is 2.42. The normalized spacial score (nSPS) is 25.0. The number of benzene rings is 1. The van der Waals surface area contributed by atoms with Crippen molar-refractivity contribution in [2.24, 2.45) is 5.92 Å². The Morgan fingerprint density at radius 2 is 1.88 bits per heavy atom. The Morgan fingerprint density at radius 3 is 2.50 bits per heavy atom. The largest absolute Gasteiger partial charge is 0.375 e. The smallest absolute Gasteiger partial charge is 0.213 e. The summed E-state index contributed by atoms with van der Waals surface area (Å²) in [6.07, 6.45) is 4.92. The molecule has 134 valence electrons. The van der Waals surface area contributed by atoms with Gasteiger partial charge >= 0.3 is 0 Å². The molecule has 2 aliphatic heterocycles. The van der Waals surface area contributed by atoms with E-state index in [2.05, 4.69) is 31.2 Å². The number of ether oxygens (including phenoxy) is 1. The highest BCUT2D eigenvalue weighted by molar-refractivity contribution is 7.89. The quantitative estimate of drug-likeness (QED) is 0.837. The van der Waals surface area contributed by atoms with Crippen molar-refractivity contribution in [3.63, 3.8) is 0 Å². The summed E-state index contributed by atoms with van der Waals surface area (Å²) in [5.74, 6) is 0.826. The van der Waals surface area contributed by atoms with Crippen LogP contribution >= 0.6 is 0 Å². The van der Waals surface area contributed by atoms with E-state index < -0.39 is 10.0 Å². The maximum absolute atomic E-state index is 12.0. The van der Waals surface area contributed by atoms with Gasteiger partial charge in [-0.2, -0.15) is 0 Å². The zero-order valence-electron chi connectivity index (χ0n) is 14.8. The van der Waals surface area contributed by atoms with Crippen molar-refractivity contribution in [3.8, 4) is 0 Å². The molecule has 1 atom stereocenters. The summed E-state index contributed by atoms with van der Waals surface area (Å²) in [6, 6.07) is 8.82. The Balaban J connectivity index is 1.60. The standard InChI is InChI=1S/C19H29NO3S/c1-3-24(21,22)20-11-9-19(10-12-20)15-18(8-13-23-19)14-17-6-4-16(2)5-7-17/h4-7,18H,3,8-15H2,1-2H3. The Labute approximate surface area is 146 Å². The average molecular weight is 352 g/mol. The lowest BCUT2D eigenvalue weighted by atomic mass is 9.78. The Bertz CT molecular complexity index is 646. The molecule has 0 saturated carbocycles. The lowest BCUT2D eigenvalue weighted by Gasteiger charge is -2.46. The molecule has 0 aromatic heterocycles. The number of rotatable bonds is 4. The molecule has 0 aliphatic carbocycles. The molecule has 1 aromatic rings. The maximum atomic E-state index is 12.0. The Morgan fingerprint density at radius 1 is 1.21 bits per heavy atom. The van der Waals surface area contributed by atoms with Crippen molar-refractivity contribution in [2.45, 2.75) is 51.6 Å². The van der Waals surface area contributed by atoms with Gasteiger partial charge in [0.1, 0.15) is 0 Å². The van der Waals surface area contributed by atoms with Gasteiger partial charge in [-0.15, -0.1) is 0 Å². The van der Waals surface area contributed by atoms with Gasteiger partial charge in [-0.3, -0.25) is 0 Å². The number of hydrogen-bond acceptors (Lipinski definition) is 3. The van der Waals surface area contributed by atoms with Crippen LogP contribution in [-0.2, 0) is 21.2 Å². The molecule has 2 saturated heterocycles. The summed E-state index contributed by atoms with van der Waals surface area (Å²) in [7, 11) is -3.06. The molecule has 0 N–H and O–H groups in total. The zero-order valence-corrected chi connectivity index (χ0v) is 15.6. The van der Waals surface area contributed by atoms with Gasteiger partial charge in [0.2, 0.25) is 10.0 Å². The average Bonchev–Trinajstić information content (AvgIpc) is 2.58. The fraction of sp³-hybridized carbons (Fsp3) is 0.684. The summed E-state index contributed by atoms with van der Waals surface area (Å²) >= 11 is 0. The van der Waals surface area contributed by atoms with Crippen LogP contribution in [0, 0.1) is 12.8 Å². The van der Waals surface area contributed by atoms with Crippen LogP contribution in [0.4, 0.5) is 0 Å². The summed E-state index contributed by atoms with van der Waals surface area (Å²) in [4.78, 5) is 0. The van der Waals surface area contributed by atoms with Gasteiger partial charge in [0, 0.05) is 19.7 Å². The third kappa shape index (κ3) is 4.01. The molecule has 24 heavy (non-hydrogen) atoms. The van der Waals surface area contributed by atoms with E-state index >= 15 is 0 Å². The van der Waals surface area contributed by atoms with Crippen LogP contribution in [-0.4, -0.2) is 43.8 Å². The molecular weight excluding hydrogens is 322 g/mol. The molecule has 2 aliphatic rings. The van der Waals surface area contributed by atoms with E-state index in [4.69, 9.17) is 4.74 Å². The van der Waals surface area contributed by atoms with Gasteiger partial charge in [0.15, 0.2) is 0 Å². The van der Waals surface area contributed by atoms with E-state index in [0.717, 1.165) is 38.7 Å². The van der Waals surface area contributed by atoms with E-state index in [0.29, 0.717) is 19.0 Å². The minimum atomic E-state index is -3.06. The van der Waals surface area contributed by atoms with Crippen molar-refractivity contribution < 1.29 is 13.2 Å². The van der Waals surface area contributed by atoms with Crippen LogP contribution < -0.4 is 0 Å². The first-order valence-corrected chi connectivity index (χ1v) is 10.7. The molecular formula is C19H29NO3S. The molecule has 2 heterocycles. The van der Waals surface area contributed by atoms with E-state index in [1.165, 1.54) is 11.1 Å². The lowest BCUT2D eigenvalue weighted by molar-refractivity contribution is -0.120. The van der Waals surface area contributed by atoms with Crippen LogP contribution in [0.3, 0.4) is 0 Å². The lowest BCUT2D eigenvalue weighted by Crippen LogP contribution is -2.51. The topological polar surface area (TPSA) is 46.6 Å². The predicted octanol–water partition coefficient (Wildman–Crippen LogP) is 3.15. The van der Waals surface area contributed by atoms with Crippen molar-refractivity contribution >= 4 is 10.0 Å². The van der Waals surface area contributed by atoms with E-state index in [-0.39, 0.29) is 11.4 Å². The van der Waals surface area contributed by atoms with Crippen molar-refractivity contribution in [1.82, 2.24) is 4.31 Å². The molecule has 1 unspecified atom stereocenters. The third-order valence-electron chi connectivity index (χ3n) is 5.63. The minimum absolute atomic E-state index is 0.104. The molecule has 4 nitrogen and oxygen atoms in total. The van der Waals surface area contributed by atoms with Gasteiger partial charge < -0.3 is 4.74 Å². The molecule has 3 rings (SSSR count). The third-order valence-corrected chi connectivity index (χ3v) is 7.51. The Kier molecular flexibility index (Phi) is 5.33. The molecule has 2 fully saturated rings. The first-order valence-electron chi connectivity index (χ1n) is 9.10. The van der Waals surface area contributed by atoms with Gasteiger partial charge in [-0.1, -0.05) is 29.8 Å². The van der Waals surface area contributed by atoms with Gasteiger partial charge in [-0.05, 0) is 57.4 Å². The number of nitrogens with zero attached hydrogens (tertiary/aromatic N) is 1. The fourth-order valence-electron chi connectivity index (χ4n) is 4.06. The molecule has 1 aromatic carbocycles. The van der Waals surface area contributed by atoms with E-state index in [1.807, 2.05) is 0 Å².